The quantitative estimate of drug-likeness (QED) is 0.496. The highest BCUT2D eigenvalue weighted by molar-refractivity contribution is 5.30. The molecule has 0 bridgehead atoms. The van der Waals surface area contributed by atoms with Crippen LogP contribution in [-0.4, -0.2) is 6.61 Å². The van der Waals surface area contributed by atoms with Crippen molar-refractivity contribution in [3.63, 3.8) is 0 Å². The molecule has 23 heavy (non-hydrogen) atoms. The van der Waals surface area contributed by atoms with Crippen molar-refractivity contribution in [2.24, 2.45) is 5.92 Å². The molecule has 1 aromatic rings. The van der Waals surface area contributed by atoms with Crippen LogP contribution in [0, 0.1) is 29.1 Å². The van der Waals surface area contributed by atoms with Crippen LogP contribution >= 0.6 is 0 Å². The summed E-state index contributed by atoms with van der Waals surface area (Å²) >= 11 is 0. The highest BCUT2D eigenvalue weighted by Crippen LogP contribution is 2.36. The lowest BCUT2D eigenvalue weighted by Crippen LogP contribution is -2.12. The molecule has 2 nitrogen and oxygen atoms in total. The van der Waals surface area contributed by atoms with E-state index in [0.29, 0.717) is 11.8 Å². The molecule has 122 valence electrons. The molecule has 0 aromatic heterocycles. The number of benzene rings is 1. The molecule has 1 saturated carbocycles. The van der Waals surface area contributed by atoms with Crippen molar-refractivity contribution in [3.05, 3.63) is 29.8 Å². The standard InChI is InChI=1S/C21H27NO/c1-2-3-4-5-17-23-21-14-12-20(13-15-21)19-10-8-18(9-11-19)7-6-16-22/h12-15,18-19H,2-5,8-11,17H2,1H3. The fourth-order valence-electron chi connectivity index (χ4n) is 3.26. The van der Waals surface area contributed by atoms with E-state index in [9.17, 15) is 0 Å². The lowest BCUT2D eigenvalue weighted by Gasteiger charge is -2.26. The molecular weight excluding hydrogens is 282 g/mol. The molecule has 0 heterocycles. The Kier molecular flexibility index (Phi) is 7.55. The second kappa shape index (κ2) is 9.96. The summed E-state index contributed by atoms with van der Waals surface area (Å²) in [6, 6.07) is 10.6. The normalized spacial score (nSPS) is 20.2. The molecule has 1 aliphatic carbocycles. The van der Waals surface area contributed by atoms with Gasteiger partial charge < -0.3 is 4.74 Å². The van der Waals surface area contributed by atoms with Gasteiger partial charge >= 0.3 is 0 Å². The Morgan fingerprint density at radius 1 is 1.04 bits per heavy atom. The summed E-state index contributed by atoms with van der Waals surface area (Å²) in [7, 11) is 0. The molecule has 2 heteroatoms. The van der Waals surface area contributed by atoms with E-state index in [0.717, 1.165) is 31.6 Å². The number of hydrogen-bond acceptors (Lipinski definition) is 2. The first kappa shape index (κ1) is 17.4. The van der Waals surface area contributed by atoms with Crippen molar-refractivity contribution in [2.45, 2.75) is 64.2 Å². The van der Waals surface area contributed by atoms with E-state index >= 15 is 0 Å². The molecule has 0 amide bonds. The molecule has 0 atom stereocenters. The van der Waals surface area contributed by atoms with Gasteiger partial charge in [-0.3, -0.25) is 0 Å². The van der Waals surface area contributed by atoms with Gasteiger partial charge in [-0.05, 0) is 55.7 Å². The second-order valence-corrected chi connectivity index (χ2v) is 6.41. The highest BCUT2D eigenvalue weighted by Gasteiger charge is 2.21. The first-order chi connectivity index (χ1) is 11.3. The SMILES string of the molecule is CCCCCCOc1ccc(C2CCC(C#CC#N)CC2)cc1. The van der Waals surface area contributed by atoms with Gasteiger partial charge in [0.2, 0.25) is 0 Å². The van der Waals surface area contributed by atoms with Gasteiger partial charge in [-0.2, -0.15) is 5.26 Å². The van der Waals surface area contributed by atoms with Crippen molar-refractivity contribution in [2.75, 3.05) is 6.61 Å². The number of nitrogens with zero attached hydrogens (tertiary/aromatic N) is 1. The third kappa shape index (κ3) is 5.99. The van der Waals surface area contributed by atoms with Crippen LogP contribution in [-0.2, 0) is 0 Å². The van der Waals surface area contributed by atoms with Crippen molar-refractivity contribution in [1.29, 1.82) is 5.26 Å². The molecule has 0 unspecified atom stereocenters. The molecule has 0 aliphatic heterocycles. The van der Waals surface area contributed by atoms with Crippen LogP contribution in [0.3, 0.4) is 0 Å². The minimum absolute atomic E-state index is 0.414. The number of hydrogen-bond donors (Lipinski definition) is 0. The lowest BCUT2D eigenvalue weighted by atomic mass is 9.79. The summed E-state index contributed by atoms with van der Waals surface area (Å²) in [5.74, 6) is 7.64. The summed E-state index contributed by atoms with van der Waals surface area (Å²) < 4.78 is 5.81. The Hall–Kier alpha value is -1.93. The molecule has 1 aromatic carbocycles. The summed E-state index contributed by atoms with van der Waals surface area (Å²) in [5.41, 5.74) is 1.41. The van der Waals surface area contributed by atoms with Crippen LogP contribution in [0.2, 0.25) is 0 Å². The first-order valence-electron chi connectivity index (χ1n) is 8.96. The Balaban J connectivity index is 1.76. The number of nitriles is 1. The van der Waals surface area contributed by atoms with Crippen LogP contribution in [0.5, 0.6) is 5.75 Å². The van der Waals surface area contributed by atoms with Gasteiger partial charge in [0.25, 0.3) is 0 Å². The predicted molar refractivity (Wildman–Crippen MR) is 94.2 cm³/mol. The van der Waals surface area contributed by atoms with Gasteiger partial charge in [0.1, 0.15) is 5.75 Å². The third-order valence-electron chi connectivity index (χ3n) is 4.68. The third-order valence-corrected chi connectivity index (χ3v) is 4.68. The van der Waals surface area contributed by atoms with E-state index in [2.05, 4.69) is 43.0 Å². The predicted octanol–water partition coefficient (Wildman–Crippen LogP) is 5.45. The average molecular weight is 309 g/mol. The van der Waals surface area contributed by atoms with Gasteiger partial charge in [0, 0.05) is 11.8 Å². The number of ether oxygens (including phenoxy) is 1. The largest absolute Gasteiger partial charge is 0.494 e. The average Bonchev–Trinajstić information content (AvgIpc) is 2.61. The summed E-state index contributed by atoms with van der Waals surface area (Å²) in [6.45, 7) is 3.05. The summed E-state index contributed by atoms with van der Waals surface area (Å²) in [4.78, 5) is 0. The number of unbranched alkanes of at least 4 members (excludes halogenated alkanes) is 3. The molecule has 1 aliphatic rings. The fourth-order valence-corrected chi connectivity index (χ4v) is 3.26. The van der Waals surface area contributed by atoms with E-state index in [1.807, 2.05) is 6.07 Å². The zero-order valence-corrected chi connectivity index (χ0v) is 14.2. The van der Waals surface area contributed by atoms with E-state index in [1.54, 1.807) is 0 Å². The minimum Gasteiger partial charge on any atom is -0.494 e. The maximum Gasteiger partial charge on any atom is 0.152 e. The van der Waals surface area contributed by atoms with Crippen LogP contribution in [0.1, 0.15) is 69.8 Å². The van der Waals surface area contributed by atoms with Gasteiger partial charge in [-0.15, -0.1) is 0 Å². The molecule has 2 rings (SSSR count). The van der Waals surface area contributed by atoms with E-state index in [4.69, 9.17) is 10.00 Å². The highest BCUT2D eigenvalue weighted by atomic mass is 16.5. The molecular formula is C21H27NO. The molecule has 0 N–H and O–H groups in total. The topological polar surface area (TPSA) is 33.0 Å². The van der Waals surface area contributed by atoms with Gasteiger partial charge in [-0.25, -0.2) is 0 Å². The lowest BCUT2D eigenvalue weighted by molar-refractivity contribution is 0.304. The number of rotatable bonds is 7. The van der Waals surface area contributed by atoms with Crippen molar-refractivity contribution in [3.8, 4) is 23.7 Å². The maximum atomic E-state index is 8.52. The summed E-state index contributed by atoms with van der Waals surface area (Å²) in [6.07, 6.45) is 9.51. The van der Waals surface area contributed by atoms with Crippen molar-refractivity contribution in [1.82, 2.24) is 0 Å². The Morgan fingerprint density at radius 2 is 1.78 bits per heavy atom. The molecule has 0 saturated heterocycles. The molecule has 0 radical (unpaired) electrons. The van der Waals surface area contributed by atoms with Crippen LogP contribution in [0.4, 0.5) is 0 Å². The molecule has 1 fully saturated rings. The van der Waals surface area contributed by atoms with E-state index < -0.39 is 0 Å². The monoisotopic (exact) mass is 309 g/mol. The van der Waals surface area contributed by atoms with Crippen LogP contribution in [0.15, 0.2) is 24.3 Å². The van der Waals surface area contributed by atoms with Gasteiger partial charge in [-0.1, -0.05) is 44.2 Å². The summed E-state index contributed by atoms with van der Waals surface area (Å²) in [5, 5.41) is 8.52. The van der Waals surface area contributed by atoms with E-state index in [1.165, 1.54) is 37.7 Å². The second-order valence-electron chi connectivity index (χ2n) is 6.41. The smallest absolute Gasteiger partial charge is 0.152 e. The maximum absolute atomic E-state index is 8.52. The van der Waals surface area contributed by atoms with Gasteiger partial charge in [0.05, 0.1) is 6.61 Å². The van der Waals surface area contributed by atoms with Crippen LogP contribution < -0.4 is 4.74 Å². The minimum atomic E-state index is 0.414. The molecule has 0 spiro atoms. The Labute approximate surface area is 140 Å². The zero-order chi connectivity index (χ0) is 16.3. The van der Waals surface area contributed by atoms with E-state index in [-0.39, 0.29) is 0 Å². The Bertz CT molecular complexity index is 550. The Morgan fingerprint density at radius 3 is 2.43 bits per heavy atom. The zero-order valence-electron chi connectivity index (χ0n) is 14.2. The van der Waals surface area contributed by atoms with Crippen LogP contribution in [0.25, 0.3) is 0 Å². The van der Waals surface area contributed by atoms with Gasteiger partial charge in [0.15, 0.2) is 6.07 Å². The first-order valence-corrected chi connectivity index (χ1v) is 8.96. The van der Waals surface area contributed by atoms with Crippen molar-refractivity contribution >= 4 is 0 Å². The fraction of sp³-hybridized carbons (Fsp3) is 0.571. The van der Waals surface area contributed by atoms with Crippen molar-refractivity contribution < 1.29 is 4.74 Å².